The largest absolute Gasteiger partial charge is 0.478 e. The summed E-state index contributed by atoms with van der Waals surface area (Å²) in [7, 11) is 0. The first kappa shape index (κ1) is 23.7. The van der Waals surface area contributed by atoms with Gasteiger partial charge in [-0.3, -0.25) is 9.88 Å². The van der Waals surface area contributed by atoms with Crippen molar-refractivity contribution in [1.82, 2.24) is 14.8 Å². The van der Waals surface area contributed by atoms with E-state index in [1.807, 2.05) is 35.2 Å². The molecule has 2 N–H and O–H groups in total. The highest BCUT2D eigenvalue weighted by molar-refractivity contribution is 5.98. The molecule has 0 atom stereocenters. The molecule has 178 valence electrons. The molecule has 0 aliphatic carbocycles. The normalized spacial score (nSPS) is 17.9. The summed E-state index contributed by atoms with van der Waals surface area (Å²) in [6.07, 6.45) is 3.41. The number of allylic oxidation sites excluding steroid dienone is 2. The number of aromatic nitrogens is 1. The van der Waals surface area contributed by atoms with E-state index in [2.05, 4.69) is 9.88 Å². The van der Waals surface area contributed by atoms with Crippen molar-refractivity contribution in [3.63, 3.8) is 0 Å². The molecule has 3 heterocycles. The van der Waals surface area contributed by atoms with Crippen molar-refractivity contribution in [1.29, 1.82) is 0 Å². The third-order valence-corrected chi connectivity index (χ3v) is 6.59. The minimum atomic E-state index is -1.11. The van der Waals surface area contributed by atoms with E-state index in [1.54, 1.807) is 32.3 Å². The van der Waals surface area contributed by atoms with Gasteiger partial charge in [0.05, 0.1) is 30.3 Å². The number of carboxylic acids is 2. The van der Waals surface area contributed by atoms with Crippen molar-refractivity contribution in [3.8, 4) is 11.1 Å². The summed E-state index contributed by atoms with van der Waals surface area (Å²) in [5.74, 6) is -3.11. The van der Waals surface area contributed by atoms with Crippen LogP contribution in [0.25, 0.3) is 11.1 Å². The summed E-state index contributed by atoms with van der Waals surface area (Å²) in [5, 5.41) is 20.4. The van der Waals surface area contributed by atoms with Gasteiger partial charge in [0.15, 0.2) is 0 Å². The number of hydrogen-bond acceptors (Lipinski definition) is 6. The molecular formula is C26H29N3O5. The lowest BCUT2D eigenvalue weighted by atomic mass is 9.79. The number of pyridine rings is 1. The number of nitrogens with zero attached hydrogens (tertiary/aromatic N) is 3. The first-order chi connectivity index (χ1) is 16.4. The summed E-state index contributed by atoms with van der Waals surface area (Å²) >= 11 is 0. The van der Waals surface area contributed by atoms with Crippen LogP contribution < -0.4 is 0 Å². The molecule has 0 unspecified atom stereocenters. The van der Waals surface area contributed by atoms with Crippen molar-refractivity contribution >= 4 is 11.9 Å². The Bertz CT molecular complexity index is 1100. The number of rotatable bonds is 7. The summed E-state index contributed by atoms with van der Waals surface area (Å²) < 4.78 is 5.40. The number of hydrogen-bond donors (Lipinski definition) is 2. The van der Waals surface area contributed by atoms with Gasteiger partial charge in [-0.15, -0.1) is 0 Å². The van der Waals surface area contributed by atoms with Crippen LogP contribution in [0.4, 0.5) is 0 Å². The zero-order valence-corrected chi connectivity index (χ0v) is 19.4. The molecule has 0 spiro atoms. The highest BCUT2D eigenvalue weighted by Crippen LogP contribution is 2.42. The van der Waals surface area contributed by atoms with Gasteiger partial charge in [-0.05, 0) is 36.6 Å². The molecule has 4 rings (SSSR count). The van der Waals surface area contributed by atoms with Crippen molar-refractivity contribution in [2.24, 2.45) is 0 Å². The van der Waals surface area contributed by atoms with E-state index in [9.17, 15) is 19.8 Å². The molecule has 2 aromatic rings. The molecule has 1 saturated heterocycles. The predicted molar refractivity (Wildman–Crippen MR) is 127 cm³/mol. The van der Waals surface area contributed by atoms with Gasteiger partial charge >= 0.3 is 11.9 Å². The van der Waals surface area contributed by atoms with Crippen LogP contribution in [0.2, 0.25) is 0 Å². The number of ether oxygens (including phenoxy) is 1. The van der Waals surface area contributed by atoms with Crippen molar-refractivity contribution in [2.45, 2.75) is 19.8 Å². The van der Waals surface area contributed by atoms with Gasteiger partial charge in [-0.2, -0.15) is 0 Å². The number of carbonyl (C=O) groups is 2. The van der Waals surface area contributed by atoms with Crippen LogP contribution in [0, 0.1) is 0 Å². The maximum atomic E-state index is 12.5. The monoisotopic (exact) mass is 463 g/mol. The van der Waals surface area contributed by atoms with Crippen LogP contribution >= 0.6 is 0 Å². The van der Waals surface area contributed by atoms with E-state index in [4.69, 9.17) is 4.74 Å². The Morgan fingerprint density at radius 2 is 1.62 bits per heavy atom. The van der Waals surface area contributed by atoms with Gasteiger partial charge in [0.2, 0.25) is 0 Å². The second-order valence-electron chi connectivity index (χ2n) is 8.51. The fourth-order valence-corrected chi connectivity index (χ4v) is 4.83. The second kappa shape index (κ2) is 10.2. The molecule has 8 heteroatoms. The molecule has 0 radical (unpaired) electrons. The van der Waals surface area contributed by atoms with Gasteiger partial charge in [-0.25, -0.2) is 9.59 Å². The fraction of sp³-hybridized carbons (Fsp3) is 0.346. The molecule has 2 aliphatic rings. The van der Waals surface area contributed by atoms with Crippen LogP contribution in [0.1, 0.15) is 25.3 Å². The Balaban J connectivity index is 1.75. The highest BCUT2D eigenvalue weighted by Gasteiger charge is 2.39. The Morgan fingerprint density at radius 1 is 0.971 bits per heavy atom. The standard InChI is InChI=1S/C26H29N3O5/c1-17-22(25(30)31)24(20-6-3-5-19(15-20)21-7-4-8-27-16-21)23(26(32)33)18(2)29(17)10-9-28-11-13-34-14-12-28/h3-8,15-16,24H,9-14H2,1-2H3,(H,30,31)(H,32,33). The molecule has 8 nitrogen and oxygen atoms in total. The van der Waals surface area contributed by atoms with Crippen molar-refractivity contribution in [2.75, 3.05) is 39.4 Å². The molecule has 1 aromatic heterocycles. The lowest BCUT2D eigenvalue weighted by molar-refractivity contribution is -0.133. The minimum absolute atomic E-state index is 0.0910. The predicted octanol–water partition coefficient (Wildman–Crippen LogP) is 3.20. The Kier molecular flexibility index (Phi) is 7.09. The van der Waals surface area contributed by atoms with E-state index >= 15 is 0 Å². The maximum absolute atomic E-state index is 12.5. The molecule has 1 aromatic carbocycles. The van der Waals surface area contributed by atoms with Gasteiger partial charge < -0.3 is 19.8 Å². The van der Waals surface area contributed by atoms with E-state index in [-0.39, 0.29) is 11.1 Å². The Labute approximate surface area is 198 Å². The van der Waals surface area contributed by atoms with Crippen LogP contribution in [0.15, 0.2) is 71.3 Å². The number of morpholine rings is 1. The minimum Gasteiger partial charge on any atom is -0.478 e. The Morgan fingerprint density at radius 3 is 2.21 bits per heavy atom. The smallest absolute Gasteiger partial charge is 0.334 e. The molecule has 2 aliphatic heterocycles. The Hall–Kier alpha value is -3.49. The van der Waals surface area contributed by atoms with Gasteiger partial charge in [0, 0.05) is 50.0 Å². The van der Waals surface area contributed by atoms with Gasteiger partial charge in [-0.1, -0.05) is 30.3 Å². The fourth-order valence-electron chi connectivity index (χ4n) is 4.83. The first-order valence-electron chi connectivity index (χ1n) is 11.3. The lowest BCUT2D eigenvalue weighted by Gasteiger charge is -2.38. The zero-order chi connectivity index (χ0) is 24.2. The topological polar surface area (TPSA) is 103 Å². The van der Waals surface area contributed by atoms with Crippen LogP contribution in [0.3, 0.4) is 0 Å². The third kappa shape index (κ3) is 4.73. The SMILES string of the molecule is CC1=C(C(=O)O)C(c2cccc(-c3cccnc3)c2)C(C(=O)O)=C(C)N1CCN1CCOCC1. The first-order valence-corrected chi connectivity index (χ1v) is 11.3. The molecular weight excluding hydrogens is 434 g/mol. The summed E-state index contributed by atoms with van der Waals surface area (Å²) in [4.78, 5) is 33.2. The number of aliphatic carboxylic acids is 2. The van der Waals surface area contributed by atoms with E-state index < -0.39 is 17.9 Å². The van der Waals surface area contributed by atoms with E-state index in [0.29, 0.717) is 43.3 Å². The van der Waals surface area contributed by atoms with Crippen LogP contribution in [0.5, 0.6) is 0 Å². The molecule has 34 heavy (non-hydrogen) atoms. The molecule has 1 fully saturated rings. The van der Waals surface area contributed by atoms with Crippen molar-refractivity contribution < 1.29 is 24.5 Å². The zero-order valence-electron chi connectivity index (χ0n) is 19.4. The van der Waals surface area contributed by atoms with E-state index in [1.165, 1.54) is 0 Å². The van der Waals surface area contributed by atoms with Crippen molar-refractivity contribution in [3.05, 3.63) is 76.9 Å². The highest BCUT2D eigenvalue weighted by atomic mass is 16.5. The van der Waals surface area contributed by atoms with E-state index in [0.717, 1.165) is 24.2 Å². The summed E-state index contributed by atoms with van der Waals surface area (Å²) in [5.41, 5.74) is 3.68. The second-order valence-corrected chi connectivity index (χ2v) is 8.51. The lowest BCUT2D eigenvalue weighted by Crippen LogP contribution is -2.42. The number of benzene rings is 1. The van der Waals surface area contributed by atoms with Gasteiger partial charge in [0.1, 0.15) is 0 Å². The average molecular weight is 464 g/mol. The third-order valence-electron chi connectivity index (χ3n) is 6.59. The molecule has 0 saturated carbocycles. The average Bonchev–Trinajstić information content (AvgIpc) is 2.84. The van der Waals surface area contributed by atoms with Crippen LogP contribution in [-0.2, 0) is 14.3 Å². The summed E-state index contributed by atoms with van der Waals surface area (Å²) in [6.45, 7) is 7.68. The number of carboxylic acid groups (broad SMARTS) is 2. The molecule has 0 bridgehead atoms. The quantitative estimate of drug-likeness (QED) is 0.645. The van der Waals surface area contributed by atoms with Crippen LogP contribution in [-0.4, -0.2) is 76.3 Å². The van der Waals surface area contributed by atoms with Gasteiger partial charge in [0.25, 0.3) is 0 Å². The maximum Gasteiger partial charge on any atom is 0.334 e. The summed E-state index contributed by atoms with van der Waals surface area (Å²) in [6, 6.07) is 11.1. The molecule has 0 amide bonds.